The molecule has 1 aliphatic rings. The monoisotopic (exact) mass is 344 g/mol. The number of aromatic amines is 1. The molecule has 2 N–H and O–H groups in total. The van der Waals surface area contributed by atoms with Crippen molar-refractivity contribution in [1.82, 2.24) is 15.2 Å². The van der Waals surface area contributed by atoms with Gasteiger partial charge in [0.2, 0.25) is 0 Å². The highest BCUT2D eigenvalue weighted by Crippen LogP contribution is 2.22. The van der Waals surface area contributed by atoms with Crippen molar-refractivity contribution in [1.29, 1.82) is 5.26 Å². The van der Waals surface area contributed by atoms with Gasteiger partial charge in [-0.1, -0.05) is 30.3 Å². The van der Waals surface area contributed by atoms with Gasteiger partial charge in [-0.15, -0.1) is 0 Å². The summed E-state index contributed by atoms with van der Waals surface area (Å²) in [7, 11) is 0. The molecule has 2 heterocycles. The fraction of sp³-hybridized carbons (Fsp3) is 0.150. The zero-order valence-corrected chi connectivity index (χ0v) is 13.9. The number of carbonyl (C=O) groups is 2. The van der Waals surface area contributed by atoms with Crippen LogP contribution in [0.25, 0.3) is 10.9 Å². The molecule has 3 amide bonds. The van der Waals surface area contributed by atoms with E-state index >= 15 is 0 Å². The molecule has 1 saturated heterocycles. The smallest absolute Gasteiger partial charge is 0.325 e. The lowest BCUT2D eigenvalue weighted by molar-refractivity contribution is -0.127. The number of para-hydroxylation sites is 1. The molecule has 0 bridgehead atoms. The highest BCUT2D eigenvalue weighted by Gasteiger charge is 2.38. The van der Waals surface area contributed by atoms with Gasteiger partial charge in [-0.05, 0) is 29.3 Å². The summed E-state index contributed by atoms with van der Waals surface area (Å²) < 4.78 is 0. The molecule has 0 spiro atoms. The number of benzene rings is 2. The van der Waals surface area contributed by atoms with E-state index in [1.54, 1.807) is 24.3 Å². The third-order valence-electron chi connectivity index (χ3n) is 4.63. The van der Waals surface area contributed by atoms with Crippen LogP contribution in [0.2, 0.25) is 0 Å². The van der Waals surface area contributed by atoms with Crippen molar-refractivity contribution in [2.75, 3.05) is 0 Å². The Morgan fingerprint density at radius 3 is 2.62 bits per heavy atom. The molecule has 1 aromatic heterocycles. The number of hydrogen-bond acceptors (Lipinski definition) is 3. The summed E-state index contributed by atoms with van der Waals surface area (Å²) in [6.45, 7) is 0.195. The van der Waals surface area contributed by atoms with Crippen LogP contribution >= 0.6 is 0 Å². The Kier molecular flexibility index (Phi) is 3.90. The van der Waals surface area contributed by atoms with Crippen LogP contribution < -0.4 is 5.32 Å². The first kappa shape index (κ1) is 15.9. The molecule has 26 heavy (non-hydrogen) atoms. The van der Waals surface area contributed by atoms with Gasteiger partial charge >= 0.3 is 6.03 Å². The lowest BCUT2D eigenvalue weighted by Crippen LogP contribution is -2.32. The van der Waals surface area contributed by atoms with Crippen LogP contribution in [0, 0.1) is 11.3 Å². The summed E-state index contributed by atoms with van der Waals surface area (Å²) in [5, 5.41) is 12.7. The Labute approximate surface area is 150 Å². The minimum absolute atomic E-state index is 0.195. The third-order valence-corrected chi connectivity index (χ3v) is 4.63. The molecule has 4 rings (SSSR count). The number of nitrogens with one attached hydrogen (secondary N) is 2. The standard InChI is InChI=1S/C20H16N4O2/c21-10-13-5-7-14(8-6-13)12-24-19(25)18(23-20(24)26)9-15-11-22-17-4-2-1-3-16(15)17/h1-8,11,18,22H,9,12H2,(H,23,26). The number of nitriles is 1. The first-order valence-electron chi connectivity index (χ1n) is 8.31. The Hall–Kier alpha value is -3.59. The predicted molar refractivity (Wildman–Crippen MR) is 96.0 cm³/mol. The maximum atomic E-state index is 12.7. The molecule has 1 aliphatic heterocycles. The second kappa shape index (κ2) is 6.37. The number of hydrogen-bond donors (Lipinski definition) is 2. The lowest BCUT2D eigenvalue weighted by Gasteiger charge is -2.13. The topological polar surface area (TPSA) is 89.0 Å². The number of urea groups is 1. The van der Waals surface area contributed by atoms with E-state index in [0.717, 1.165) is 22.0 Å². The van der Waals surface area contributed by atoms with Crippen molar-refractivity contribution in [2.45, 2.75) is 19.0 Å². The molecule has 0 aliphatic carbocycles. The van der Waals surface area contributed by atoms with E-state index < -0.39 is 6.04 Å². The number of H-pyrrole nitrogens is 1. The Morgan fingerprint density at radius 2 is 1.85 bits per heavy atom. The van der Waals surface area contributed by atoms with E-state index in [2.05, 4.69) is 10.3 Å². The van der Waals surface area contributed by atoms with Gasteiger partial charge in [0.25, 0.3) is 5.91 Å². The average molecular weight is 344 g/mol. The van der Waals surface area contributed by atoms with Crippen LogP contribution in [-0.2, 0) is 17.8 Å². The van der Waals surface area contributed by atoms with Crippen molar-refractivity contribution in [3.05, 3.63) is 71.4 Å². The Bertz CT molecular complexity index is 1030. The van der Waals surface area contributed by atoms with Crippen LogP contribution in [0.5, 0.6) is 0 Å². The maximum Gasteiger partial charge on any atom is 0.325 e. The zero-order valence-electron chi connectivity index (χ0n) is 13.9. The predicted octanol–water partition coefficient (Wildman–Crippen LogP) is 2.70. The molecule has 6 heteroatoms. The summed E-state index contributed by atoms with van der Waals surface area (Å²) in [4.78, 5) is 29.3. The second-order valence-electron chi connectivity index (χ2n) is 6.30. The molecule has 3 aromatic rings. The fourth-order valence-electron chi connectivity index (χ4n) is 3.25. The maximum absolute atomic E-state index is 12.7. The van der Waals surface area contributed by atoms with Crippen LogP contribution in [0.3, 0.4) is 0 Å². The molecule has 6 nitrogen and oxygen atoms in total. The van der Waals surface area contributed by atoms with Crippen LogP contribution in [0.15, 0.2) is 54.7 Å². The van der Waals surface area contributed by atoms with Gasteiger partial charge in [0.15, 0.2) is 0 Å². The first-order valence-corrected chi connectivity index (χ1v) is 8.31. The van der Waals surface area contributed by atoms with Gasteiger partial charge in [-0.3, -0.25) is 9.69 Å². The quantitative estimate of drug-likeness (QED) is 0.713. The molecule has 1 unspecified atom stereocenters. The summed E-state index contributed by atoms with van der Waals surface area (Å²) in [5.74, 6) is -0.232. The third kappa shape index (κ3) is 2.80. The minimum Gasteiger partial charge on any atom is -0.361 e. The highest BCUT2D eigenvalue weighted by atomic mass is 16.2. The van der Waals surface area contributed by atoms with Gasteiger partial charge in [0.1, 0.15) is 6.04 Å². The molecular formula is C20H16N4O2. The lowest BCUT2D eigenvalue weighted by atomic mass is 10.0. The number of fused-ring (bicyclic) bond motifs is 1. The molecule has 0 radical (unpaired) electrons. The molecule has 2 aromatic carbocycles. The van der Waals surface area contributed by atoms with Crippen molar-refractivity contribution in [2.24, 2.45) is 0 Å². The minimum atomic E-state index is -0.569. The first-order chi connectivity index (χ1) is 12.7. The number of carbonyl (C=O) groups excluding carboxylic acids is 2. The van der Waals surface area contributed by atoms with Gasteiger partial charge < -0.3 is 10.3 Å². The van der Waals surface area contributed by atoms with Crippen molar-refractivity contribution >= 4 is 22.8 Å². The van der Waals surface area contributed by atoms with Gasteiger partial charge in [0, 0.05) is 23.5 Å². The summed E-state index contributed by atoms with van der Waals surface area (Å²) in [6.07, 6.45) is 2.33. The molecular weight excluding hydrogens is 328 g/mol. The van der Waals surface area contributed by atoms with E-state index in [0.29, 0.717) is 12.0 Å². The second-order valence-corrected chi connectivity index (χ2v) is 6.30. The largest absolute Gasteiger partial charge is 0.361 e. The SMILES string of the molecule is N#Cc1ccc(CN2C(=O)NC(Cc3c[nH]c4ccccc34)C2=O)cc1. The van der Waals surface area contributed by atoms with E-state index in [1.165, 1.54) is 4.90 Å². The van der Waals surface area contributed by atoms with Gasteiger partial charge in [-0.25, -0.2) is 4.79 Å². The molecule has 1 fully saturated rings. The van der Waals surface area contributed by atoms with Crippen LogP contribution in [0.4, 0.5) is 4.79 Å². The number of nitrogens with zero attached hydrogens (tertiary/aromatic N) is 2. The number of imide groups is 1. The van der Waals surface area contributed by atoms with E-state index in [9.17, 15) is 9.59 Å². The highest BCUT2D eigenvalue weighted by molar-refractivity contribution is 6.04. The van der Waals surface area contributed by atoms with E-state index in [4.69, 9.17) is 5.26 Å². The normalized spacial score (nSPS) is 16.7. The summed E-state index contributed by atoms with van der Waals surface area (Å²) in [6, 6.07) is 15.8. The summed E-state index contributed by atoms with van der Waals surface area (Å²) in [5.41, 5.74) is 3.36. The summed E-state index contributed by atoms with van der Waals surface area (Å²) >= 11 is 0. The number of amides is 3. The van der Waals surface area contributed by atoms with Crippen molar-refractivity contribution in [3.63, 3.8) is 0 Å². The van der Waals surface area contributed by atoms with Crippen LogP contribution in [0.1, 0.15) is 16.7 Å². The Balaban J connectivity index is 1.50. The van der Waals surface area contributed by atoms with E-state index in [1.807, 2.05) is 36.5 Å². The van der Waals surface area contributed by atoms with Crippen molar-refractivity contribution in [3.8, 4) is 6.07 Å². The molecule has 128 valence electrons. The van der Waals surface area contributed by atoms with E-state index in [-0.39, 0.29) is 18.5 Å². The molecule has 0 saturated carbocycles. The van der Waals surface area contributed by atoms with Crippen molar-refractivity contribution < 1.29 is 9.59 Å². The fourth-order valence-corrected chi connectivity index (χ4v) is 3.25. The van der Waals surface area contributed by atoms with Gasteiger partial charge in [-0.2, -0.15) is 5.26 Å². The zero-order chi connectivity index (χ0) is 18.1. The molecule has 1 atom stereocenters. The van der Waals surface area contributed by atoms with Crippen LogP contribution in [-0.4, -0.2) is 27.9 Å². The Morgan fingerprint density at radius 1 is 1.08 bits per heavy atom. The number of rotatable bonds is 4. The van der Waals surface area contributed by atoms with Gasteiger partial charge in [0.05, 0.1) is 18.2 Å². The average Bonchev–Trinajstić information content (AvgIpc) is 3.19. The number of aromatic nitrogens is 1.